The lowest BCUT2D eigenvalue weighted by atomic mass is 10.0. The van der Waals surface area contributed by atoms with Gasteiger partial charge in [0.2, 0.25) is 5.91 Å². The molecule has 0 bridgehead atoms. The third-order valence-corrected chi connectivity index (χ3v) is 6.30. The molecule has 0 radical (unpaired) electrons. The first kappa shape index (κ1) is 22.2. The number of fused-ring (bicyclic) bond motifs is 1. The first-order chi connectivity index (χ1) is 16.7. The van der Waals surface area contributed by atoms with Gasteiger partial charge in [0.05, 0.1) is 11.0 Å². The van der Waals surface area contributed by atoms with E-state index in [0.717, 1.165) is 52.4 Å². The van der Waals surface area contributed by atoms with Gasteiger partial charge < -0.3 is 10.1 Å². The molecule has 2 heterocycles. The lowest BCUT2D eigenvalue weighted by Crippen LogP contribution is -2.33. The van der Waals surface area contributed by atoms with Gasteiger partial charge in [0.15, 0.2) is 0 Å². The van der Waals surface area contributed by atoms with Crippen LogP contribution in [0.4, 0.5) is 5.69 Å². The van der Waals surface area contributed by atoms with Crippen LogP contribution in [0.3, 0.4) is 0 Å². The number of ether oxygens (including phenoxy) is 1. The molecule has 1 fully saturated rings. The molecule has 1 amide bonds. The molecule has 34 heavy (non-hydrogen) atoms. The molecule has 0 atom stereocenters. The van der Waals surface area contributed by atoms with E-state index in [9.17, 15) is 4.79 Å². The third-order valence-electron chi connectivity index (χ3n) is 6.30. The van der Waals surface area contributed by atoms with Gasteiger partial charge in [-0.1, -0.05) is 30.7 Å². The number of benzene rings is 3. The van der Waals surface area contributed by atoms with Crippen molar-refractivity contribution in [3.63, 3.8) is 0 Å². The Morgan fingerprint density at radius 2 is 1.76 bits per heavy atom. The maximum absolute atomic E-state index is 11.4. The van der Waals surface area contributed by atoms with Gasteiger partial charge in [-0.25, -0.2) is 4.98 Å². The van der Waals surface area contributed by atoms with Gasteiger partial charge in [0, 0.05) is 24.8 Å². The summed E-state index contributed by atoms with van der Waals surface area (Å²) in [5.74, 6) is 0.815. The normalized spacial score (nSPS) is 14.3. The Labute approximate surface area is 200 Å². The number of likely N-dealkylation sites (tertiary alicyclic amines) is 1. The topological polar surface area (TPSA) is 59.4 Å². The number of nitrogens with one attached hydrogen (secondary N) is 1. The predicted molar refractivity (Wildman–Crippen MR) is 137 cm³/mol. The van der Waals surface area contributed by atoms with Crippen LogP contribution in [0.2, 0.25) is 0 Å². The van der Waals surface area contributed by atoms with Crippen molar-refractivity contribution in [3.8, 4) is 22.6 Å². The smallest absolute Gasteiger partial charge is 0.221 e. The number of anilines is 1. The second-order valence-corrected chi connectivity index (χ2v) is 8.82. The van der Waals surface area contributed by atoms with Crippen LogP contribution in [0.15, 0.2) is 73.1 Å². The number of rotatable bonds is 7. The summed E-state index contributed by atoms with van der Waals surface area (Å²) in [6, 6.07) is 22.4. The zero-order valence-corrected chi connectivity index (χ0v) is 19.5. The average molecular weight is 455 g/mol. The maximum atomic E-state index is 11.4. The van der Waals surface area contributed by atoms with Crippen molar-refractivity contribution >= 4 is 22.6 Å². The number of imidazole rings is 1. The first-order valence-corrected chi connectivity index (χ1v) is 12.0. The zero-order valence-electron chi connectivity index (χ0n) is 19.5. The molecule has 0 spiro atoms. The van der Waals surface area contributed by atoms with E-state index in [2.05, 4.69) is 39.5 Å². The van der Waals surface area contributed by atoms with Gasteiger partial charge in [0.1, 0.15) is 18.7 Å². The Morgan fingerprint density at radius 3 is 2.56 bits per heavy atom. The first-order valence-electron chi connectivity index (χ1n) is 12.0. The lowest BCUT2D eigenvalue weighted by molar-refractivity contribution is -0.114. The minimum Gasteiger partial charge on any atom is -0.492 e. The number of amides is 1. The van der Waals surface area contributed by atoms with Gasteiger partial charge in [-0.05, 0) is 79.5 Å². The van der Waals surface area contributed by atoms with E-state index in [-0.39, 0.29) is 5.91 Å². The summed E-state index contributed by atoms with van der Waals surface area (Å²) in [4.78, 5) is 18.5. The fourth-order valence-corrected chi connectivity index (χ4v) is 4.55. The molecule has 3 aromatic carbocycles. The second kappa shape index (κ2) is 10.1. The molecule has 174 valence electrons. The standard InChI is InChI=1S/C28H30N4O2/c1-21(33)30-24-6-5-7-25(19-24)32-20-29-27-13-10-23(18-28(27)32)22-8-11-26(12-9-22)34-17-16-31-14-3-2-4-15-31/h5-13,18-20H,2-4,14-17H2,1H3,(H,30,33). The number of carbonyl (C=O) groups is 1. The van der Waals surface area contributed by atoms with E-state index in [1.165, 1.54) is 39.3 Å². The summed E-state index contributed by atoms with van der Waals surface area (Å²) < 4.78 is 8.03. The summed E-state index contributed by atoms with van der Waals surface area (Å²) >= 11 is 0. The number of piperidine rings is 1. The maximum Gasteiger partial charge on any atom is 0.221 e. The molecule has 1 aliphatic rings. The summed E-state index contributed by atoms with van der Waals surface area (Å²) in [6.45, 7) is 5.61. The molecule has 6 heteroatoms. The van der Waals surface area contributed by atoms with E-state index in [4.69, 9.17) is 4.74 Å². The van der Waals surface area contributed by atoms with E-state index >= 15 is 0 Å². The Kier molecular flexibility index (Phi) is 6.58. The molecule has 0 saturated carbocycles. The van der Waals surface area contributed by atoms with Crippen molar-refractivity contribution in [1.82, 2.24) is 14.5 Å². The average Bonchev–Trinajstić information content (AvgIpc) is 3.28. The zero-order chi connectivity index (χ0) is 23.3. The van der Waals surface area contributed by atoms with Crippen molar-refractivity contribution in [3.05, 3.63) is 73.1 Å². The fourth-order valence-electron chi connectivity index (χ4n) is 4.55. The molecule has 5 rings (SSSR count). The lowest BCUT2D eigenvalue weighted by Gasteiger charge is -2.26. The van der Waals surface area contributed by atoms with E-state index in [1.54, 1.807) is 0 Å². The molecular formula is C28H30N4O2. The molecule has 0 aliphatic carbocycles. The van der Waals surface area contributed by atoms with Crippen molar-refractivity contribution < 1.29 is 9.53 Å². The minimum atomic E-state index is -0.0890. The quantitative estimate of drug-likeness (QED) is 0.400. The molecule has 1 aliphatic heterocycles. The fraction of sp³-hybridized carbons (Fsp3) is 0.286. The van der Waals surface area contributed by atoms with Gasteiger partial charge >= 0.3 is 0 Å². The van der Waals surface area contributed by atoms with Crippen LogP contribution in [-0.4, -0.2) is 46.6 Å². The number of nitrogens with zero attached hydrogens (tertiary/aromatic N) is 3. The third kappa shape index (κ3) is 5.13. The van der Waals surface area contributed by atoms with Crippen molar-refractivity contribution in [2.45, 2.75) is 26.2 Å². The Morgan fingerprint density at radius 1 is 0.971 bits per heavy atom. The highest BCUT2D eigenvalue weighted by molar-refractivity contribution is 5.89. The molecule has 6 nitrogen and oxygen atoms in total. The summed E-state index contributed by atoms with van der Waals surface area (Å²) in [5, 5.41) is 2.84. The molecule has 4 aromatic rings. The highest BCUT2D eigenvalue weighted by Gasteiger charge is 2.10. The number of hydrogen-bond acceptors (Lipinski definition) is 4. The summed E-state index contributed by atoms with van der Waals surface area (Å²) in [5.41, 5.74) is 5.89. The van der Waals surface area contributed by atoms with E-state index in [0.29, 0.717) is 0 Å². The molecule has 1 aromatic heterocycles. The monoisotopic (exact) mass is 454 g/mol. The van der Waals surface area contributed by atoms with Crippen molar-refractivity contribution in [2.75, 3.05) is 31.6 Å². The summed E-state index contributed by atoms with van der Waals surface area (Å²) in [7, 11) is 0. The summed E-state index contributed by atoms with van der Waals surface area (Å²) in [6.07, 6.45) is 5.78. The number of aromatic nitrogens is 2. The van der Waals surface area contributed by atoms with Crippen LogP contribution < -0.4 is 10.1 Å². The highest BCUT2D eigenvalue weighted by Crippen LogP contribution is 2.28. The van der Waals surface area contributed by atoms with Crippen LogP contribution in [0.5, 0.6) is 5.75 Å². The Hall–Kier alpha value is -3.64. The van der Waals surface area contributed by atoms with Crippen LogP contribution in [0.1, 0.15) is 26.2 Å². The largest absolute Gasteiger partial charge is 0.492 e. The Balaban J connectivity index is 1.32. The minimum absolute atomic E-state index is 0.0890. The van der Waals surface area contributed by atoms with E-state index < -0.39 is 0 Å². The van der Waals surface area contributed by atoms with Crippen molar-refractivity contribution in [1.29, 1.82) is 0 Å². The van der Waals surface area contributed by atoms with Crippen LogP contribution in [0.25, 0.3) is 27.8 Å². The van der Waals surface area contributed by atoms with Gasteiger partial charge in [-0.2, -0.15) is 0 Å². The molecule has 0 unspecified atom stereocenters. The van der Waals surface area contributed by atoms with Crippen LogP contribution >= 0.6 is 0 Å². The van der Waals surface area contributed by atoms with Gasteiger partial charge in [-0.3, -0.25) is 14.3 Å². The van der Waals surface area contributed by atoms with Gasteiger partial charge in [-0.15, -0.1) is 0 Å². The van der Waals surface area contributed by atoms with Crippen molar-refractivity contribution in [2.24, 2.45) is 0 Å². The molecule has 1 saturated heterocycles. The second-order valence-electron chi connectivity index (χ2n) is 8.82. The van der Waals surface area contributed by atoms with Crippen LogP contribution in [0, 0.1) is 0 Å². The molecule has 1 N–H and O–H groups in total. The predicted octanol–water partition coefficient (Wildman–Crippen LogP) is 5.52. The highest BCUT2D eigenvalue weighted by atomic mass is 16.5. The number of carbonyl (C=O) groups excluding carboxylic acids is 1. The number of hydrogen-bond donors (Lipinski definition) is 1. The Bertz CT molecular complexity index is 1270. The molecular weight excluding hydrogens is 424 g/mol. The van der Waals surface area contributed by atoms with E-state index in [1.807, 2.05) is 53.4 Å². The van der Waals surface area contributed by atoms with Crippen LogP contribution in [-0.2, 0) is 4.79 Å². The SMILES string of the molecule is CC(=O)Nc1cccc(-n2cnc3ccc(-c4ccc(OCCN5CCCCC5)cc4)cc32)c1. The van der Waals surface area contributed by atoms with Gasteiger partial charge in [0.25, 0.3) is 0 Å².